The van der Waals surface area contributed by atoms with Crippen LogP contribution in [0, 0.1) is 6.92 Å². The van der Waals surface area contributed by atoms with Gasteiger partial charge in [-0.05, 0) is 19.8 Å². The number of aryl methyl sites for hydroxylation is 1. The van der Waals surface area contributed by atoms with Crippen molar-refractivity contribution >= 4 is 17.6 Å². The Bertz CT molecular complexity index is 333. The van der Waals surface area contributed by atoms with Gasteiger partial charge in [0.25, 0.3) is 0 Å². The molecular weight excluding hydrogens is 242 g/mol. The van der Waals surface area contributed by atoms with Gasteiger partial charge in [0, 0.05) is 5.92 Å². The molecule has 0 N–H and O–H groups in total. The Labute approximate surface area is 116 Å². The zero-order valence-electron chi connectivity index (χ0n) is 12.5. The summed E-state index contributed by atoms with van der Waals surface area (Å²) in [5.74, 6) is 0.558. The van der Waals surface area contributed by atoms with Crippen LogP contribution in [0.3, 0.4) is 0 Å². The van der Waals surface area contributed by atoms with E-state index in [2.05, 4.69) is 18.8 Å². The Morgan fingerprint density at radius 2 is 1.89 bits per heavy atom. The second-order valence-corrected chi connectivity index (χ2v) is 5.31. The van der Waals surface area contributed by atoms with Crippen LogP contribution in [0.4, 0.5) is 0 Å². The molecule has 0 radical (unpaired) electrons. The molecule has 18 heavy (non-hydrogen) atoms. The van der Waals surface area contributed by atoms with Gasteiger partial charge in [-0.25, -0.2) is 4.98 Å². The highest BCUT2D eigenvalue weighted by Crippen LogP contribution is 2.31. The molecule has 1 atom stereocenters. The lowest BCUT2D eigenvalue weighted by molar-refractivity contribution is 0.112. The average Bonchev–Trinajstić information content (AvgIpc) is 2.78. The Hall–Kier alpha value is -0.700. The molecule has 0 bridgehead atoms. The van der Waals surface area contributed by atoms with E-state index in [4.69, 9.17) is 0 Å². The van der Waals surface area contributed by atoms with Crippen LogP contribution < -0.4 is 0 Å². The van der Waals surface area contributed by atoms with E-state index in [1.165, 1.54) is 32.1 Å². The van der Waals surface area contributed by atoms with Gasteiger partial charge in [-0.3, -0.25) is 4.79 Å². The first-order valence-electron chi connectivity index (χ1n) is 7.15. The summed E-state index contributed by atoms with van der Waals surface area (Å²) in [5.41, 5.74) is 0.896. The molecule has 0 saturated heterocycles. The van der Waals surface area contributed by atoms with Crippen LogP contribution in [0.25, 0.3) is 0 Å². The van der Waals surface area contributed by atoms with Gasteiger partial charge in [0.2, 0.25) is 0 Å². The zero-order chi connectivity index (χ0) is 14.0. The highest BCUT2D eigenvalue weighted by atomic mass is 32.1. The van der Waals surface area contributed by atoms with Crippen LogP contribution in [0.5, 0.6) is 0 Å². The molecule has 1 aromatic rings. The summed E-state index contributed by atoms with van der Waals surface area (Å²) in [5, 5.41) is 1.16. The number of rotatable bonds is 7. The van der Waals surface area contributed by atoms with Crippen molar-refractivity contribution in [1.29, 1.82) is 0 Å². The largest absolute Gasteiger partial charge is 0.297 e. The van der Waals surface area contributed by atoms with E-state index in [0.29, 0.717) is 5.92 Å². The molecule has 1 heterocycles. The molecule has 0 spiro atoms. The lowest BCUT2D eigenvalue weighted by Gasteiger charge is -2.12. The van der Waals surface area contributed by atoms with Crippen molar-refractivity contribution in [2.24, 2.45) is 0 Å². The standard InChI is InChI=1S/C13H21NOS.C2H6/c1-4-6-8-11(7-5-2)13-14-10(3)12(9-15)16-13;1-2/h9,11H,4-8H2,1-3H3;1-2H3. The number of hydrogen-bond acceptors (Lipinski definition) is 3. The van der Waals surface area contributed by atoms with E-state index in [-0.39, 0.29) is 0 Å². The molecule has 1 unspecified atom stereocenters. The minimum Gasteiger partial charge on any atom is -0.297 e. The first kappa shape index (κ1) is 17.3. The van der Waals surface area contributed by atoms with Crippen LogP contribution in [0.15, 0.2) is 0 Å². The minimum absolute atomic E-state index is 0.558. The van der Waals surface area contributed by atoms with Crippen molar-refractivity contribution in [2.45, 2.75) is 72.6 Å². The average molecular weight is 269 g/mol. The zero-order valence-corrected chi connectivity index (χ0v) is 13.3. The molecule has 0 fully saturated rings. The van der Waals surface area contributed by atoms with Gasteiger partial charge in [-0.15, -0.1) is 11.3 Å². The number of aldehydes is 1. The summed E-state index contributed by atoms with van der Waals surface area (Å²) in [6.45, 7) is 10.3. The Balaban J connectivity index is 0.00000137. The first-order chi connectivity index (χ1) is 8.72. The van der Waals surface area contributed by atoms with Gasteiger partial charge in [0.05, 0.1) is 15.6 Å². The van der Waals surface area contributed by atoms with E-state index in [1.54, 1.807) is 11.3 Å². The fraction of sp³-hybridized carbons (Fsp3) is 0.733. The molecule has 0 aliphatic heterocycles. The quantitative estimate of drug-likeness (QED) is 0.623. The number of thiazole rings is 1. The van der Waals surface area contributed by atoms with Crippen molar-refractivity contribution in [3.63, 3.8) is 0 Å². The van der Waals surface area contributed by atoms with Crippen molar-refractivity contribution in [2.75, 3.05) is 0 Å². The van der Waals surface area contributed by atoms with E-state index in [0.717, 1.165) is 21.9 Å². The number of carbonyl (C=O) groups excluding carboxylic acids is 1. The van der Waals surface area contributed by atoms with Crippen LogP contribution in [0.1, 0.15) is 86.1 Å². The highest BCUT2D eigenvalue weighted by Gasteiger charge is 2.16. The van der Waals surface area contributed by atoms with E-state index >= 15 is 0 Å². The molecule has 104 valence electrons. The Morgan fingerprint density at radius 1 is 1.22 bits per heavy atom. The maximum Gasteiger partial charge on any atom is 0.161 e. The molecule has 1 rings (SSSR count). The lowest BCUT2D eigenvalue weighted by Crippen LogP contribution is -1.98. The van der Waals surface area contributed by atoms with E-state index in [1.807, 2.05) is 20.8 Å². The van der Waals surface area contributed by atoms with Gasteiger partial charge in [-0.2, -0.15) is 0 Å². The highest BCUT2D eigenvalue weighted by molar-refractivity contribution is 7.13. The van der Waals surface area contributed by atoms with E-state index < -0.39 is 0 Å². The fourth-order valence-electron chi connectivity index (χ4n) is 1.90. The van der Waals surface area contributed by atoms with E-state index in [9.17, 15) is 4.79 Å². The van der Waals surface area contributed by atoms with Crippen molar-refractivity contribution in [3.05, 3.63) is 15.6 Å². The molecule has 0 aliphatic carbocycles. The third kappa shape index (κ3) is 5.30. The molecule has 0 amide bonds. The van der Waals surface area contributed by atoms with Crippen molar-refractivity contribution < 1.29 is 4.79 Å². The molecule has 2 nitrogen and oxygen atoms in total. The topological polar surface area (TPSA) is 30.0 Å². The smallest absolute Gasteiger partial charge is 0.161 e. The molecule has 0 saturated carbocycles. The Morgan fingerprint density at radius 3 is 2.33 bits per heavy atom. The number of nitrogens with zero attached hydrogens (tertiary/aromatic N) is 1. The maximum atomic E-state index is 10.8. The third-order valence-electron chi connectivity index (χ3n) is 2.85. The van der Waals surface area contributed by atoms with Gasteiger partial charge in [-0.1, -0.05) is 47.0 Å². The summed E-state index contributed by atoms with van der Waals surface area (Å²) < 4.78 is 0. The summed E-state index contributed by atoms with van der Waals surface area (Å²) in [6, 6.07) is 0. The number of hydrogen-bond donors (Lipinski definition) is 0. The lowest BCUT2D eigenvalue weighted by atomic mass is 9.98. The number of aromatic nitrogens is 1. The fourth-order valence-corrected chi connectivity index (χ4v) is 2.96. The number of unbranched alkanes of at least 4 members (excludes halogenated alkanes) is 1. The molecule has 1 aromatic heterocycles. The minimum atomic E-state index is 0.558. The summed E-state index contributed by atoms with van der Waals surface area (Å²) in [7, 11) is 0. The summed E-state index contributed by atoms with van der Waals surface area (Å²) in [4.78, 5) is 16.1. The van der Waals surface area contributed by atoms with Gasteiger partial charge in [0.15, 0.2) is 6.29 Å². The third-order valence-corrected chi connectivity index (χ3v) is 4.09. The van der Waals surface area contributed by atoms with Crippen LogP contribution in [-0.2, 0) is 0 Å². The molecule has 0 aromatic carbocycles. The maximum absolute atomic E-state index is 10.8. The molecular formula is C15H27NOS. The van der Waals surface area contributed by atoms with Crippen LogP contribution >= 0.6 is 11.3 Å². The normalized spacial score (nSPS) is 11.6. The van der Waals surface area contributed by atoms with Gasteiger partial charge < -0.3 is 0 Å². The summed E-state index contributed by atoms with van der Waals surface area (Å²) in [6.07, 6.45) is 6.98. The van der Waals surface area contributed by atoms with Gasteiger partial charge >= 0.3 is 0 Å². The van der Waals surface area contributed by atoms with Crippen LogP contribution in [0.2, 0.25) is 0 Å². The Kier molecular flexibility index (Phi) is 9.85. The second kappa shape index (κ2) is 10.2. The first-order valence-corrected chi connectivity index (χ1v) is 7.97. The van der Waals surface area contributed by atoms with Crippen molar-refractivity contribution in [3.8, 4) is 0 Å². The predicted octanol–water partition coefficient (Wildman–Crippen LogP) is 5.36. The summed E-state index contributed by atoms with van der Waals surface area (Å²) >= 11 is 1.58. The second-order valence-electron chi connectivity index (χ2n) is 4.25. The van der Waals surface area contributed by atoms with Crippen molar-refractivity contribution in [1.82, 2.24) is 4.98 Å². The number of carbonyl (C=O) groups is 1. The molecule has 3 heteroatoms. The van der Waals surface area contributed by atoms with Gasteiger partial charge in [0.1, 0.15) is 0 Å². The SMILES string of the molecule is CC.CCCCC(CCC)c1nc(C)c(C=O)s1. The molecule has 0 aliphatic rings. The predicted molar refractivity (Wildman–Crippen MR) is 80.8 cm³/mol. The van der Waals surface area contributed by atoms with Crippen LogP contribution in [-0.4, -0.2) is 11.3 Å². The monoisotopic (exact) mass is 269 g/mol.